The van der Waals surface area contributed by atoms with Gasteiger partial charge in [0.15, 0.2) is 5.76 Å². The molecule has 0 bridgehead atoms. The number of nitrogens with zero attached hydrogens (tertiary/aromatic N) is 2. The van der Waals surface area contributed by atoms with Crippen LogP contribution < -0.4 is 15.6 Å². The third kappa shape index (κ3) is 17.1. The van der Waals surface area contributed by atoms with Gasteiger partial charge >= 0.3 is 0 Å². The van der Waals surface area contributed by atoms with Crippen LogP contribution in [0.5, 0.6) is 5.75 Å². The molecule has 0 saturated carbocycles. The van der Waals surface area contributed by atoms with E-state index in [-0.39, 0.29) is 46.0 Å². The molecule has 2 aromatic carbocycles. The van der Waals surface area contributed by atoms with Crippen LogP contribution in [0.15, 0.2) is 63.5 Å². The van der Waals surface area contributed by atoms with Crippen LogP contribution in [0, 0.1) is 0 Å². The molecule has 7 nitrogen and oxygen atoms in total. The molecule has 11 heteroatoms. The monoisotopic (exact) mass is 1130 g/mol. The number of benzene rings is 3. The lowest BCUT2D eigenvalue weighted by atomic mass is 9.91. The van der Waals surface area contributed by atoms with Gasteiger partial charge in [-0.05, 0) is 117 Å². The van der Waals surface area contributed by atoms with Crippen molar-refractivity contribution < 1.29 is 28.4 Å². The molecule has 0 amide bonds. The Morgan fingerprint density at radius 3 is 1.30 bits per heavy atom. The number of carboxylic acids is 1. The number of fused-ring (bicyclic) bond motifs is 2. The van der Waals surface area contributed by atoms with E-state index in [0.29, 0.717) is 22.1 Å². The van der Waals surface area contributed by atoms with Gasteiger partial charge in [0.05, 0.1) is 67.3 Å². The van der Waals surface area contributed by atoms with Gasteiger partial charge in [-0.2, -0.15) is 0 Å². The lowest BCUT2D eigenvalue weighted by molar-refractivity contribution is -0.929. The van der Waals surface area contributed by atoms with Gasteiger partial charge in [-0.15, -0.1) is 0 Å². The predicted molar refractivity (Wildman–Crippen MR) is 278 cm³/mol. The lowest BCUT2D eigenvalue weighted by Crippen LogP contribution is -2.50. The van der Waals surface area contributed by atoms with Gasteiger partial charge < -0.3 is 28.4 Å². The molecule has 2 aromatic rings. The second kappa shape index (κ2) is 30.5. The maximum Gasteiger partial charge on any atom is 0.210 e. The topological polar surface area (TPSA) is 93.4 Å². The van der Waals surface area contributed by atoms with E-state index in [4.69, 9.17) is 4.42 Å². The smallest absolute Gasteiger partial charge is 0.210 e. The van der Waals surface area contributed by atoms with Crippen LogP contribution >= 0.6 is 63.7 Å². The predicted octanol–water partition coefficient (Wildman–Crippen LogP) is 15.1. The minimum Gasteiger partial charge on any atom is -0.871 e. The number of unbranched alkanes of at least 4 members (excludes halogenated alkanes) is 8. The molecule has 0 fully saturated rings. The summed E-state index contributed by atoms with van der Waals surface area (Å²) < 4.78 is 9.64. The Bertz CT molecular complexity index is 1870. The van der Waals surface area contributed by atoms with Gasteiger partial charge in [0, 0.05) is 26.5 Å². The molecule has 0 unspecified atom stereocenters. The summed E-state index contributed by atoms with van der Waals surface area (Å²) >= 11 is 13.0. The normalized spacial score (nSPS) is 11.7. The molecule has 0 spiro atoms. The number of aromatic carboxylic acids is 1. The summed E-state index contributed by atoms with van der Waals surface area (Å²) in [6, 6.07) is 9.50. The van der Waals surface area contributed by atoms with Crippen LogP contribution in [-0.2, 0) is 0 Å². The van der Waals surface area contributed by atoms with Crippen molar-refractivity contribution in [1.82, 2.24) is 0 Å². The van der Waals surface area contributed by atoms with Crippen LogP contribution in [0.1, 0.15) is 168 Å². The summed E-state index contributed by atoms with van der Waals surface area (Å²) in [5, 5.41) is 24.7. The first-order valence-corrected chi connectivity index (χ1v) is 27.3. The quantitative estimate of drug-likeness (QED) is 0.0461. The minimum atomic E-state index is -1.35. The standard InChI is InChI=1S/C20H8Br4O5.2C16H36N/c21-11-5-9-13(7-3-1-2-4-8(7)20(27)28)10-6-12(22)17(26)15(24)19(10)29-18(9)14(23)16(11)25;2*1-5-9-13-17(14-10-6-2,15-11-7-3)16-12-8-4/h1-6,25H,(H,27,28);2*5-16H2,1-4H3/q;2*+1/p-2. The number of carbonyl (C=O) groups excluding carboxylic acids is 1. The summed E-state index contributed by atoms with van der Waals surface area (Å²) in [5.74, 6) is -1.49. The first-order valence-electron chi connectivity index (χ1n) is 24.1. The lowest BCUT2D eigenvalue weighted by Gasteiger charge is -2.39. The molecular formula is C52H78Br4N2O5. The molecule has 0 aromatic heterocycles. The van der Waals surface area contributed by atoms with Crippen molar-refractivity contribution in [3.63, 3.8) is 0 Å². The third-order valence-corrected chi connectivity index (χ3v) is 14.9. The number of quaternary nitrogens is 2. The number of hydrogen-bond acceptors (Lipinski definition) is 5. The molecule has 1 aliphatic carbocycles. The van der Waals surface area contributed by atoms with Crippen molar-refractivity contribution in [1.29, 1.82) is 0 Å². The SMILES string of the molecule is CCCC[N+](CCCC)(CCCC)CCCC.CCCC[N+](CCCC)(CCCC)CCCC.O=C([O-])c1ccccc1-c1c2cc(Br)c(=O)c(Br)c-2oc2c(Br)c([O-])c(Br)cc12. The average molecular weight is 1130 g/mol. The molecule has 1 aliphatic heterocycles. The summed E-state index contributed by atoms with van der Waals surface area (Å²) in [6.45, 7) is 30.0. The van der Waals surface area contributed by atoms with Gasteiger partial charge in [-0.3, -0.25) is 4.79 Å². The molecule has 0 N–H and O–H groups in total. The van der Waals surface area contributed by atoms with Gasteiger partial charge in [-0.25, -0.2) is 0 Å². The Morgan fingerprint density at radius 2 is 0.937 bits per heavy atom. The molecule has 2 aliphatic rings. The fourth-order valence-corrected chi connectivity index (χ4v) is 10.8. The fraction of sp³-hybridized carbons (Fsp3) is 0.615. The Labute approximate surface area is 414 Å². The summed E-state index contributed by atoms with van der Waals surface area (Å²) in [4.78, 5) is 24.2. The van der Waals surface area contributed by atoms with E-state index < -0.39 is 5.97 Å². The van der Waals surface area contributed by atoms with Gasteiger partial charge in [-0.1, -0.05) is 153 Å². The first kappa shape index (κ1) is 57.4. The largest absolute Gasteiger partial charge is 0.871 e. The molecule has 354 valence electrons. The fourth-order valence-electron chi connectivity index (χ4n) is 8.45. The Hall–Kier alpha value is -1.76. The number of carbonyl (C=O) groups is 1. The molecule has 0 atom stereocenters. The second-order valence-electron chi connectivity index (χ2n) is 17.4. The third-order valence-electron chi connectivity index (χ3n) is 12.3. The van der Waals surface area contributed by atoms with Gasteiger partial charge in [0.1, 0.15) is 10.1 Å². The van der Waals surface area contributed by atoms with Gasteiger partial charge in [0.25, 0.3) is 0 Å². The molecule has 1 heterocycles. The Balaban J connectivity index is 0.000000349. The number of hydrogen-bond donors (Lipinski definition) is 0. The van der Waals surface area contributed by atoms with E-state index in [9.17, 15) is 19.8 Å². The maximum atomic E-state index is 12.4. The summed E-state index contributed by atoms with van der Waals surface area (Å²) in [7, 11) is 0. The molecular weight excluding hydrogens is 1050 g/mol. The van der Waals surface area contributed by atoms with Crippen LogP contribution in [0.25, 0.3) is 33.4 Å². The molecule has 0 saturated heterocycles. The van der Waals surface area contributed by atoms with Crippen molar-refractivity contribution in [3.8, 4) is 28.2 Å². The number of rotatable bonds is 26. The van der Waals surface area contributed by atoms with E-state index >= 15 is 0 Å². The number of halogens is 4. The molecule has 63 heavy (non-hydrogen) atoms. The van der Waals surface area contributed by atoms with Crippen molar-refractivity contribution in [2.24, 2.45) is 0 Å². The summed E-state index contributed by atoms with van der Waals surface area (Å²) in [6.07, 6.45) is 22.1. The van der Waals surface area contributed by atoms with Crippen LogP contribution in [0.4, 0.5) is 0 Å². The van der Waals surface area contributed by atoms with E-state index in [1.54, 1.807) is 30.3 Å². The minimum absolute atomic E-state index is 0.0295. The highest BCUT2D eigenvalue weighted by Gasteiger charge is 2.27. The summed E-state index contributed by atoms with van der Waals surface area (Å²) in [5.41, 5.74) is 1.17. The zero-order valence-corrected chi connectivity index (χ0v) is 46.2. The zero-order valence-electron chi connectivity index (χ0n) is 39.9. The van der Waals surface area contributed by atoms with Crippen LogP contribution in [-0.4, -0.2) is 67.3 Å². The maximum absolute atomic E-state index is 12.4. The van der Waals surface area contributed by atoms with E-state index in [1.165, 1.54) is 170 Å². The molecule has 4 rings (SSSR count). The Kier molecular flexibility index (Phi) is 27.8. The van der Waals surface area contributed by atoms with E-state index in [0.717, 1.165) is 0 Å². The Morgan fingerprint density at radius 1 is 0.556 bits per heavy atom. The second-order valence-corrected chi connectivity index (χ2v) is 20.7. The van der Waals surface area contributed by atoms with Crippen molar-refractivity contribution in [2.75, 3.05) is 52.4 Å². The first-order chi connectivity index (χ1) is 30.2. The highest BCUT2D eigenvalue weighted by Crippen LogP contribution is 2.48. The van der Waals surface area contributed by atoms with E-state index in [1.807, 2.05) is 0 Å². The van der Waals surface area contributed by atoms with Crippen molar-refractivity contribution in [3.05, 3.63) is 70.1 Å². The van der Waals surface area contributed by atoms with Crippen molar-refractivity contribution >= 4 is 80.7 Å². The molecule has 0 radical (unpaired) electrons. The van der Waals surface area contributed by atoms with E-state index in [2.05, 4.69) is 119 Å². The average Bonchev–Trinajstić information content (AvgIpc) is 3.29. The zero-order chi connectivity index (χ0) is 47.0. The number of carboxylic acid groups (broad SMARTS) is 1. The highest BCUT2D eigenvalue weighted by atomic mass is 79.9. The highest BCUT2D eigenvalue weighted by molar-refractivity contribution is 9.11. The van der Waals surface area contributed by atoms with Gasteiger partial charge in [0.2, 0.25) is 5.43 Å². The van der Waals surface area contributed by atoms with Crippen LogP contribution in [0.2, 0.25) is 0 Å². The van der Waals surface area contributed by atoms with Crippen molar-refractivity contribution in [2.45, 2.75) is 158 Å². The van der Waals surface area contributed by atoms with Crippen LogP contribution in [0.3, 0.4) is 0 Å².